The van der Waals surface area contributed by atoms with Gasteiger partial charge in [0.15, 0.2) is 0 Å². The molecule has 0 amide bonds. The Kier molecular flexibility index (Phi) is 5.55. The molecule has 1 saturated heterocycles. The first-order valence-electron chi connectivity index (χ1n) is 7.49. The number of aromatic nitrogens is 3. The summed E-state index contributed by atoms with van der Waals surface area (Å²) >= 11 is 0. The van der Waals surface area contributed by atoms with Crippen LogP contribution in [0.5, 0.6) is 12.0 Å². The van der Waals surface area contributed by atoms with Crippen LogP contribution < -0.4 is 14.8 Å². The van der Waals surface area contributed by atoms with Crippen molar-refractivity contribution in [3.63, 3.8) is 0 Å². The summed E-state index contributed by atoms with van der Waals surface area (Å²) in [4.78, 5) is 12.6. The Hall–Kier alpha value is -1.63. The maximum absolute atomic E-state index is 5.90. The second kappa shape index (κ2) is 7.40. The van der Waals surface area contributed by atoms with Gasteiger partial charge < -0.3 is 19.5 Å². The molecule has 1 aromatic heterocycles. The zero-order valence-corrected chi connectivity index (χ0v) is 13.1. The first-order chi connectivity index (χ1) is 10.1. The van der Waals surface area contributed by atoms with Gasteiger partial charge in [-0.2, -0.15) is 9.97 Å². The number of ether oxygens (including phenoxy) is 3. The molecule has 1 aliphatic heterocycles. The van der Waals surface area contributed by atoms with Crippen molar-refractivity contribution >= 4 is 5.95 Å². The van der Waals surface area contributed by atoms with Crippen molar-refractivity contribution in [3.05, 3.63) is 0 Å². The highest BCUT2D eigenvalue weighted by molar-refractivity contribution is 5.26. The van der Waals surface area contributed by atoms with Gasteiger partial charge in [0.2, 0.25) is 5.95 Å². The Morgan fingerprint density at radius 3 is 2.43 bits per heavy atom. The second-order valence-corrected chi connectivity index (χ2v) is 5.29. The molecule has 0 aliphatic carbocycles. The molecule has 0 aromatic carbocycles. The molecule has 0 spiro atoms. The summed E-state index contributed by atoms with van der Waals surface area (Å²) in [5.41, 5.74) is 0. The van der Waals surface area contributed by atoms with Gasteiger partial charge in [-0.1, -0.05) is 6.92 Å². The fourth-order valence-electron chi connectivity index (χ4n) is 2.35. The molecule has 21 heavy (non-hydrogen) atoms. The fourth-order valence-corrected chi connectivity index (χ4v) is 2.35. The van der Waals surface area contributed by atoms with Gasteiger partial charge in [-0.25, -0.2) is 0 Å². The lowest BCUT2D eigenvalue weighted by Gasteiger charge is -2.31. The third kappa shape index (κ3) is 4.70. The quantitative estimate of drug-likeness (QED) is 0.860. The van der Waals surface area contributed by atoms with E-state index in [9.17, 15) is 0 Å². The summed E-state index contributed by atoms with van der Waals surface area (Å²) in [7, 11) is 1.75. The van der Waals surface area contributed by atoms with E-state index in [4.69, 9.17) is 14.2 Å². The van der Waals surface area contributed by atoms with Gasteiger partial charge in [-0.05, 0) is 20.3 Å². The lowest BCUT2D eigenvalue weighted by molar-refractivity contribution is -0.0739. The zero-order valence-electron chi connectivity index (χ0n) is 13.1. The summed E-state index contributed by atoms with van der Waals surface area (Å²) < 4.78 is 17.1. The number of nitrogens with zero attached hydrogens (tertiary/aromatic N) is 3. The predicted octanol–water partition coefficient (Wildman–Crippen LogP) is 2.04. The van der Waals surface area contributed by atoms with Crippen molar-refractivity contribution in [1.29, 1.82) is 0 Å². The van der Waals surface area contributed by atoms with E-state index in [0.29, 0.717) is 24.6 Å². The average molecular weight is 296 g/mol. The van der Waals surface area contributed by atoms with Gasteiger partial charge in [0, 0.05) is 19.9 Å². The molecule has 1 fully saturated rings. The van der Waals surface area contributed by atoms with E-state index < -0.39 is 0 Å². The zero-order chi connectivity index (χ0) is 15.2. The number of nitrogens with one attached hydrogen (secondary N) is 1. The first kappa shape index (κ1) is 15.8. The minimum atomic E-state index is 0.0508. The molecule has 2 unspecified atom stereocenters. The molecule has 118 valence electrons. The minimum Gasteiger partial charge on any atom is -0.463 e. The standard InChI is InChI=1S/C14H24N4O3/c1-5-6-19-13-16-12(15-4)17-14(18-13)21-11-7-9(2)20-10(3)8-11/h9-11H,5-8H2,1-4H3,(H,15,16,17,18). The minimum absolute atomic E-state index is 0.0508. The van der Waals surface area contributed by atoms with Gasteiger partial charge in [0.1, 0.15) is 6.10 Å². The molecular formula is C14H24N4O3. The summed E-state index contributed by atoms with van der Waals surface area (Å²) in [6, 6.07) is 0.589. The maximum Gasteiger partial charge on any atom is 0.324 e. The summed E-state index contributed by atoms with van der Waals surface area (Å²) in [6.45, 7) is 6.70. The maximum atomic E-state index is 5.90. The van der Waals surface area contributed by atoms with Crippen LogP contribution in [0.1, 0.15) is 40.0 Å². The monoisotopic (exact) mass is 296 g/mol. The normalized spacial score (nSPS) is 25.4. The molecule has 0 saturated carbocycles. The van der Waals surface area contributed by atoms with E-state index in [-0.39, 0.29) is 18.3 Å². The molecule has 2 heterocycles. The summed E-state index contributed by atoms with van der Waals surface area (Å²) in [5, 5.41) is 2.89. The van der Waals surface area contributed by atoms with Crippen LogP contribution in [0.4, 0.5) is 5.95 Å². The van der Waals surface area contributed by atoms with Gasteiger partial charge in [-0.15, -0.1) is 4.98 Å². The smallest absolute Gasteiger partial charge is 0.324 e. The number of rotatable bonds is 6. The van der Waals surface area contributed by atoms with E-state index >= 15 is 0 Å². The van der Waals surface area contributed by atoms with E-state index in [1.165, 1.54) is 0 Å². The Bertz CT molecular complexity index is 448. The molecule has 1 aromatic rings. The first-order valence-corrected chi connectivity index (χ1v) is 7.49. The van der Waals surface area contributed by atoms with Crippen LogP contribution in [0.25, 0.3) is 0 Å². The number of hydrogen-bond acceptors (Lipinski definition) is 7. The van der Waals surface area contributed by atoms with Crippen molar-refractivity contribution in [2.24, 2.45) is 0 Å². The van der Waals surface area contributed by atoms with Crippen molar-refractivity contribution in [2.75, 3.05) is 19.0 Å². The summed E-state index contributed by atoms with van der Waals surface area (Å²) in [6.07, 6.45) is 2.97. The van der Waals surface area contributed by atoms with Crippen LogP contribution in [0.3, 0.4) is 0 Å². The van der Waals surface area contributed by atoms with Gasteiger partial charge >= 0.3 is 12.0 Å². The lowest BCUT2D eigenvalue weighted by atomic mass is 10.0. The van der Waals surface area contributed by atoms with Gasteiger partial charge in [0.25, 0.3) is 0 Å². The molecule has 0 radical (unpaired) electrons. The van der Waals surface area contributed by atoms with Crippen molar-refractivity contribution in [3.8, 4) is 12.0 Å². The van der Waals surface area contributed by atoms with Crippen LogP contribution in [0.15, 0.2) is 0 Å². The van der Waals surface area contributed by atoms with E-state index in [0.717, 1.165) is 19.3 Å². The Labute approximate surface area is 125 Å². The predicted molar refractivity (Wildman–Crippen MR) is 78.8 cm³/mol. The van der Waals surface area contributed by atoms with Crippen molar-refractivity contribution < 1.29 is 14.2 Å². The summed E-state index contributed by atoms with van der Waals surface area (Å²) in [5.74, 6) is 0.444. The molecule has 7 heteroatoms. The SMILES string of the molecule is CCCOc1nc(NC)nc(OC2CC(C)OC(C)C2)n1. The van der Waals surface area contributed by atoms with E-state index in [2.05, 4.69) is 20.3 Å². The third-order valence-corrected chi connectivity index (χ3v) is 3.18. The number of hydrogen-bond donors (Lipinski definition) is 1. The molecule has 2 rings (SSSR count). The average Bonchev–Trinajstić information content (AvgIpc) is 2.43. The largest absolute Gasteiger partial charge is 0.463 e. The Morgan fingerprint density at radius 1 is 1.14 bits per heavy atom. The number of anilines is 1. The third-order valence-electron chi connectivity index (χ3n) is 3.18. The van der Waals surface area contributed by atoms with E-state index in [1.54, 1.807) is 7.05 Å². The molecule has 1 N–H and O–H groups in total. The lowest BCUT2D eigenvalue weighted by Crippen LogP contribution is -2.36. The molecule has 0 bridgehead atoms. The molecule has 7 nitrogen and oxygen atoms in total. The van der Waals surface area contributed by atoms with Crippen molar-refractivity contribution in [1.82, 2.24) is 15.0 Å². The Balaban J connectivity index is 2.07. The topological polar surface area (TPSA) is 78.4 Å². The van der Waals surface area contributed by atoms with E-state index in [1.807, 2.05) is 20.8 Å². The van der Waals surface area contributed by atoms with Crippen LogP contribution in [0.2, 0.25) is 0 Å². The molecule has 2 atom stereocenters. The second-order valence-electron chi connectivity index (χ2n) is 5.29. The van der Waals surface area contributed by atoms with Crippen LogP contribution >= 0.6 is 0 Å². The fraction of sp³-hybridized carbons (Fsp3) is 0.786. The van der Waals surface area contributed by atoms with Crippen LogP contribution in [-0.2, 0) is 4.74 Å². The Morgan fingerprint density at radius 2 is 1.81 bits per heavy atom. The van der Waals surface area contributed by atoms with Gasteiger partial charge in [0.05, 0.1) is 18.8 Å². The molecule has 1 aliphatic rings. The highest BCUT2D eigenvalue weighted by atomic mass is 16.5. The highest BCUT2D eigenvalue weighted by Crippen LogP contribution is 2.23. The highest BCUT2D eigenvalue weighted by Gasteiger charge is 2.26. The van der Waals surface area contributed by atoms with Crippen molar-refractivity contribution in [2.45, 2.75) is 58.3 Å². The van der Waals surface area contributed by atoms with Crippen LogP contribution in [0, 0.1) is 0 Å². The molecular weight excluding hydrogens is 272 g/mol. The van der Waals surface area contributed by atoms with Crippen LogP contribution in [-0.4, -0.2) is 46.9 Å². The van der Waals surface area contributed by atoms with Gasteiger partial charge in [-0.3, -0.25) is 0 Å².